The van der Waals surface area contributed by atoms with Gasteiger partial charge in [-0.15, -0.1) is 0 Å². The molecule has 0 atom stereocenters. The van der Waals surface area contributed by atoms with Crippen molar-refractivity contribution in [2.45, 2.75) is 0 Å². The van der Waals surface area contributed by atoms with Gasteiger partial charge >= 0.3 is 0 Å². The van der Waals surface area contributed by atoms with E-state index in [0.717, 1.165) is 32.7 Å². The molecular formula is C20H23N3O2. The molecule has 2 N–H and O–H groups in total. The van der Waals surface area contributed by atoms with E-state index in [1.54, 1.807) is 36.4 Å². The molecule has 0 saturated carbocycles. The summed E-state index contributed by atoms with van der Waals surface area (Å²) < 4.78 is 0. The number of nitrogens with zero attached hydrogens (tertiary/aromatic N) is 1. The average Bonchev–Trinajstić information content (AvgIpc) is 2.69. The van der Waals surface area contributed by atoms with Gasteiger partial charge in [0.05, 0.1) is 5.56 Å². The summed E-state index contributed by atoms with van der Waals surface area (Å²) in [4.78, 5) is 27.6. The quantitative estimate of drug-likeness (QED) is 0.785. The van der Waals surface area contributed by atoms with Crippen LogP contribution in [0.4, 0.5) is 0 Å². The minimum absolute atomic E-state index is 0.131. The highest BCUT2D eigenvalue weighted by Crippen LogP contribution is 2.14. The van der Waals surface area contributed by atoms with Gasteiger partial charge in [-0.3, -0.25) is 14.5 Å². The number of amides is 1. The zero-order valence-electron chi connectivity index (χ0n) is 14.2. The lowest BCUT2D eigenvalue weighted by atomic mass is 9.98. The van der Waals surface area contributed by atoms with E-state index in [9.17, 15) is 9.59 Å². The van der Waals surface area contributed by atoms with Crippen LogP contribution in [-0.4, -0.2) is 55.9 Å². The second-order valence-corrected chi connectivity index (χ2v) is 6.09. The standard InChI is InChI=1S/C20H23N3O2/c24-19(16-6-2-1-3-7-16)17-8-4-5-9-18(17)20(25)22-12-15-23-13-10-21-11-14-23/h1-9,21H,10-15H2,(H,22,25). The number of hydrogen-bond donors (Lipinski definition) is 2. The maximum Gasteiger partial charge on any atom is 0.252 e. The lowest BCUT2D eigenvalue weighted by Gasteiger charge is -2.27. The Balaban J connectivity index is 1.65. The maximum atomic E-state index is 12.7. The van der Waals surface area contributed by atoms with Crippen LogP contribution in [0.1, 0.15) is 26.3 Å². The van der Waals surface area contributed by atoms with Gasteiger partial charge in [-0.25, -0.2) is 0 Å². The number of benzene rings is 2. The van der Waals surface area contributed by atoms with Crippen LogP contribution in [0.2, 0.25) is 0 Å². The summed E-state index contributed by atoms with van der Waals surface area (Å²) in [5.41, 5.74) is 1.45. The second-order valence-electron chi connectivity index (χ2n) is 6.09. The second kappa shape index (κ2) is 8.55. The zero-order chi connectivity index (χ0) is 17.5. The molecule has 0 unspecified atom stereocenters. The molecule has 2 aromatic carbocycles. The van der Waals surface area contributed by atoms with Crippen LogP contribution >= 0.6 is 0 Å². The number of nitrogens with one attached hydrogen (secondary N) is 2. The van der Waals surface area contributed by atoms with E-state index >= 15 is 0 Å². The third-order valence-corrected chi connectivity index (χ3v) is 4.38. The normalized spacial score (nSPS) is 14.9. The summed E-state index contributed by atoms with van der Waals surface area (Å²) in [7, 11) is 0. The summed E-state index contributed by atoms with van der Waals surface area (Å²) in [5.74, 6) is -0.330. The average molecular weight is 337 g/mol. The fourth-order valence-electron chi connectivity index (χ4n) is 2.98. The fraction of sp³-hybridized carbons (Fsp3) is 0.300. The van der Waals surface area contributed by atoms with Crippen molar-refractivity contribution in [3.05, 3.63) is 71.3 Å². The van der Waals surface area contributed by atoms with Crippen LogP contribution in [0, 0.1) is 0 Å². The summed E-state index contributed by atoms with van der Waals surface area (Å²) in [6, 6.07) is 16.0. The Morgan fingerprint density at radius 3 is 2.28 bits per heavy atom. The van der Waals surface area contributed by atoms with Crippen LogP contribution < -0.4 is 10.6 Å². The van der Waals surface area contributed by atoms with E-state index in [0.29, 0.717) is 23.2 Å². The molecule has 1 saturated heterocycles. The summed E-state index contributed by atoms with van der Waals surface area (Å²) in [6.07, 6.45) is 0. The monoisotopic (exact) mass is 337 g/mol. The van der Waals surface area contributed by atoms with Gasteiger partial charge in [0.2, 0.25) is 0 Å². The Bertz CT molecular complexity index is 725. The van der Waals surface area contributed by atoms with Gasteiger partial charge in [-0.05, 0) is 6.07 Å². The number of hydrogen-bond acceptors (Lipinski definition) is 4. The van der Waals surface area contributed by atoms with Crippen molar-refractivity contribution in [2.75, 3.05) is 39.3 Å². The Labute approximate surface area is 148 Å². The lowest BCUT2D eigenvalue weighted by Crippen LogP contribution is -2.46. The van der Waals surface area contributed by atoms with Gasteiger partial charge in [0, 0.05) is 50.4 Å². The zero-order valence-corrected chi connectivity index (χ0v) is 14.2. The molecule has 0 spiro atoms. The molecule has 0 bridgehead atoms. The van der Waals surface area contributed by atoms with Crippen LogP contribution in [0.25, 0.3) is 0 Å². The molecule has 1 amide bonds. The molecule has 0 aromatic heterocycles. The minimum Gasteiger partial charge on any atom is -0.351 e. The molecule has 5 nitrogen and oxygen atoms in total. The molecular weight excluding hydrogens is 314 g/mol. The summed E-state index contributed by atoms with van der Waals surface area (Å²) in [5, 5.41) is 6.25. The molecule has 1 aliphatic rings. The van der Waals surface area contributed by atoms with Crippen molar-refractivity contribution < 1.29 is 9.59 Å². The first-order chi connectivity index (χ1) is 12.3. The van der Waals surface area contributed by atoms with E-state index in [4.69, 9.17) is 0 Å². The maximum absolute atomic E-state index is 12.7. The van der Waals surface area contributed by atoms with Crippen molar-refractivity contribution in [3.63, 3.8) is 0 Å². The SMILES string of the molecule is O=C(NCCN1CCNCC1)c1ccccc1C(=O)c1ccccc1. The van der Waals surface area contributed by atoms with E-state index < -0.39 is 0 Å². The van der Waals surface area contributed by atoms with E-state index in [1.165, 1.54) is 0 Å². The predicted octanol–water partition coefficient (Wildman–Crippen LogP) is 1.55. The highest BCUT2D eigenvalue weighted by atomic mass is 16.2. The predicted molar refractivity (Wildman–Crippen MR) is 98.0 cm³/mol. The Morgan fingerprint density at radius 2 is 1.56 bits per heavy atom. The first-order valence-electron chi connectivity index (χ1n) is 8.66. The number of piperazine rings is 1. The van der Waals surface area contributed by atoms with Crippen molar-refractivity contribution in [2.24, 2.45) is 0 Å². The van der Waals surface area contributed by atoms with Crippen LogP contribution in [0.3, 0.4) is 0 Å². The first-order valence-corrected chi connectivity index (χ1v) is 8.66. The number of ketones is 1. The minimum atomic E-state index is -0.199. The molecule has 130 valence electrons. The molecule has 5 heteroatoms. The molecule has 3 rings (SSSR count). The molecule has 0 radical (unpaired) electrons. The largest absolute Gasteiger partial charge is 0.351 e. The van der Waals surface area contributed by atoms with Crippen molar-refractivity contribution in [1.82, 2.24) is 15.5 Å². The van der Waals surface area contributed by atoms with E-state index in [2.05, 4.69) is 15.5 Å². The van der Waals surface area contributed by atoms with E-state index in [1.807, 2.05) is 18.2 Å². The van der Waals surface area contributed by atoms with Crippen LogP contribution in [0.5, 0.6) is 0 Å². The smallest absolute Gasteiger partial charge is 0.252 e. The highest BCUT2D eigenvalue weighted by Gasteiger charge is 2.18. The Morgan fingerprint density at radius 1 is 0.920 bits per heavy atom. The van der Waals surface area contributed by atoms with Gasteiger partial charge in [-0.2, -0.15) is 0 Å². The molecule has 1 fully saturated rings. The number of carbonyl (C=O) groups is 2. The molecule has 1 aliphatic heterocycles. The van der Waals surface area contributed by atoms with Crippen LogP contribution in [-0.2, 0) is 0 Å². The fourth-order valence-corrected chi connectivity index (χ4v) is 2.98. The third kappa shape index (κ3) is 4.53. The Hall–Kier alpha value is -2.50. The third-order valence-electron chi connectivity index (χ3n) is 4.38. The number of carbonyl (C=O) groups excluding carboxylic acids is 2. The van der Waals surface area contributed by atoms with Gasteiger partial charge in [0.1, 0.15) is 0 Å². The van der Waals surface area contributed by atoms with Crippen molar-refractivity contribution in [1.29, 1.82) is 0 Å². The van der Waals surface area contributed by atoms with Gasteiger partial charge in [-0.1, -0.05) is 48.5 Å². The number of rotatable bonds is 6. The van der Waals surface area contributed by atoms with Crippen LogP contribution in [0.15, 0.2) is 54.6 Å². The van der Waals surface area contributed by atoms with Gasteiger partial charge in [0.25, 0.3) is 5.91 Å². The topological polar surface area (TPSA) is 61.4 Å². The van der Waals surface area contributed by atoms with Gasteiger partial charge < -0.3 is 10.6 Å². The molecule has 1 heterocycles. The molecule has 2 aromatic rings. The van der Waals surface area contributed by atoms with Gasteiger partial charge in [0.15, 0.2) is 5.78 Å². The summed E-state index contributed by atoms with van der Waals surface area (Å²) >= 11 is 0. The first kappa shape index (κ1) is 17.3. The lowest BCUT2D eigenvalue weighted by molar-refractivity contribution is 0.0936. The van der Waals surface area contributed by atoms with E-state index in [-0.39, 0.29) is 11.7 Å². The molecule has 25 heavy (non-hydrogen) atoms. The summed E-state index contributed by atoms with van der Waals surface area (Å²) in [6.45, 7) is 5.37. The highest BCUT2D eigenvalue weighted by molar-refractivity contribution is 6.15. The molecule has 0 aliphatic carbocycles. The Kier molecular flexibility index (Phi) is 5.93. The van der Waals surface area contributed by atoms with Crippen molar-refractivity contribution >= 4 is 11.7 Å². The van der Waals surface area contributed by atoms with Crippen molar-refractivity contribution in [3.8, 4) is 0 Å².